The lowest BCUT2D eigenvalue weighted by Gasteiger charge is -2.37. The zero-order valence-electron chi connectivity index (χ0n) is 39.0. The minimum atomic E-state index is -0.922. The molecule has 2 atom stereocenters. The average Bonchev–Trinajstić information content (AvgIpc) is 3.56. The average molecular weight is 872 g/mol. The van der Waals surface area contributed by atoms with Crippen LogP contribution in [0.1, 0.15) is 90.5 Å². The fourth-order valence-corrected chi connectivity index (χ4v) is 8.70. The van der Waals surface area contributed by atoms with Crippen LogP contribution in [0.25, 0.3) is 33.3 Å². The summed E-state index contributed by atoms with van der Waals surface area (Å²) < 4.78 is 14.4. The zero-order valence-corrected chi connectivity index (χ0v) is 39.0. The molecule has 2 N–H and O–H groups in total. The van der Waals surface area contributed by atoms with Gasteiger partial charge in [0, 0.05) is 67.1 Å². The summed E-state index contributed by atoms with van der Waals surface area (Å²) in [4.78, 5) is 62.8. The van der Waals surface area contributed by atoms with Crippen LogP contribution in [0, 0.1) is 17.3 Å². The number of fused-ring (bicyclic) bond motifs is 6. The number of benzene rings is 2. The number of hydrazine groups is 1. The maximum atomic E-state index is 14.4. The fourth-order valence-electron chi connectivity index (χ4n) is 8.70. The van der Waals surface area contributed by atoms with Crippen LogP contribution in [0.2, 0.25) is 0 Å². The highest BCUT2D eigenvalue weighted by Gasteiger charge is 2.36. The fraction of sp³-hybridized carbons (Fsp3) is 0.510. The second kappa shape index (κ2) is 19.3. The molecule has 64 heavy (non-hydrogen) atoms. The molecule has 4 aromatic rings. The first kappa shape index (κ1) is 46.4. The summed E-state index contributed by atoms with van der Waals surface area (Å²) in [6.07, 6.45) is 3.68. The number of hydrogen-bond donors (Lipinski definition) is 2. The Hall–Kier alpha value is -5.55. The molecule has 3 aliphatic rings. The standard InChI is InChI=1S/C51H65N7O6/c1-10-57-43-19-18-36-28-39(43)40(47(57)38-16-12-23-52-46(38)33(2)3)29-50(4,5)32-64-49(62)41-17-13-24-58(54-41)48(61)42(27-34-14-11-15-35(36)26-34)53-44(59)21-25-63-37-30-56(31-37)45(60)20-22-51(6,7)55(8)9/h11-12,14-16,18-19,23,26,28,33,37,41-42,54H,10,13,17,21,24-25,27,29-32H2,1-9H3,(H,53,59)/t41-,42-/m0/s1. The summed E-state index contributed by atoms with van der Waals surface area (Å²) in [6.45, 7) is 16.9. The molecular weight excluding hydrogens is 807 g/mol. The van der Waals surface area contributed by atoms with Crippen molar-refractivity contribution in [1.29, 1.82) is 0 Å². The second-order valence-corrected chi connectivity index (χ2v) is 19.3. The highest BCUT2D eigenvalue weighted by molar-refractivity contribution is 5.96. The van der Waals surface area contributed by atoms with Crippen molar-refractivity contribution >= 4 is 34.6 Å². The summed E-state index contributed by atoms with van der Waals surface area (Å²) in [5, 5.41) is 5.60. The van der Waals surface area contributed by atoms with E-state index in [0.29, 0.717) is 38.9 Å². The highest BCUT2D eigenvalue weighted by Crippen LogP contribution is 2.42. The van der Waals surface area contributed by atoms with Gasteiger partial charge in [0.25, 0.3) is 11.8 Å². The summed E-state index contributed by atoms with van der Waals surface area (Å²) >= 11 is 0. The van der Waals surface area contributed by atoms with Crippen LogP contribution in [0.4, 0.5) is 0 Å². The number of likely N-dealkylation sites (tertiary alicyclic amines) is 1. The lowest BCUT2D eigenvalue weighted by Crippen LogP contribution is -2.60. The number of esters is 1. The van der Waals surface area contributed by atoms with Gasteiger partial charge >= 0.3 is 5.97 Å². The molecule has 13 nitrogen and oxygen atoms in total. The van der Waals surface area contributed by atoms with Crippen LogP contribution in [0.15, 0.2) is 60.8 Å². The molecular formula is C51H65N7O6. The smallest absolute Gasteiger partial charge is 0.324 e. The number of amides is 3. The molecule has 340 valence electrons. The molecule has 0 aliphatic carbocycles. The minimum Gasteiger partial charge on any atom is -0.464 e. The van der Waals surface area contributed by atoms with Crippen molar-refractivity contribution in [3.05, 3.63) is 77.6 Å². The highest BCUT2D eigenvalue weighted by atomic mass is 16.5. The number of hydrogen-bond acceptors (Lipinski definition) is 9. The van der Waals surface area contributed by atoms with Gasteiger partial charge in [-0.1, -0.05) is 63.9 Å². The molecule has 0 spiro atoms. The minimum absolute atomic E-state index is 0.0305. The lowest BCUT2D eigenvalue weighted by molar-refractivity contribution is -0.155. The van der Waals surface area contributed by atoms with Crippen LogP contribution in [0.5, 0.6) is 0 Å². The largest absolute Gasteiger partial charge is 0.464 e. The van der Waals surface area contributed by atoms with E-state index in [4.69, 9.17) is 14.5 Å². The predicted octanol–water partition coefficient (Wildman–Crippen LogP) is 6.12. The third-order valence-electron chi connectivity index (χ3n) is 12.9. The number of nitrogens with one attached hydrogen (secondary N) is 2. The van der Waals surface area contributed by atoms with E-state index in [0.717, 1.165) is 51.1 Å². The van der Waals surface area contributed by atoms with E-state index in [1.54, 1.807) is 4.90 Å². The summed E-state index contributed by atoms with van der Waals surface area (Å²) in [5.41, 5.74) is 10.8. The molecule has 3 aliphatic heterocycles. The van der Waals surface area contributed by atoms with Crippen LogP contribution in [0.3, 0.4) is 0 Å². The van der Waals surface area contributed by atoms with E-state index in [1.165, 1.54) is 10.6 Å². The van der Waals surface area contributed by atoms with Crippen LogP contribution >= 0.6 is 0 Å². The number of nitrogens with zero attached hydrogens (tertiary/aromatic N) is 5. The topological polar surface area (TPSA) is 138 Å². The van der Waals surface area contributed by atoms with Gasteiger partial charge in [0.2, 0.25) is 5.91 Å². The number of aromatic nitrogens is 2. The Morgan fingerprint density at radius 2 is 1.84 bits per heavy atom. The third-order valence-corrected chi connectivity index (χ3v) is 12.9. The summed E-state index contributed by atoms with van der Waals surface area (Å²) in [5.74, 6) is 4.66. The molecule has 2 fully saturated rings. The maximum absolute atomic E-state index is 14.4. The number of aryl methyl sites for hydroxylation is 1. The zero-order chi connectivity index (χ0) is 45.9. The van der Waals surface area contributed by atoms with Crippen molar-refractivity contribution in [2.45, 2.75) is 117 Å². The van der Waals surface area contributed by atoms with Crippen LogP contribution < -0.4 is 10.7 Å². The van der Waals surface area contributed by atoms with Gasteiger partial charge in [-0.25, -0.2) is 5.43 Å². The van der Waals surface area contributed by atoms with Gasteiger partial charge < -0.3 is 24.3 Å². The third kappa shape index (κ3) is 10.4. The maximum Gasteiger partial charge on any atom is 0.324 e. The van der Waals surface area contributed by atoms with Gasteiger partial charge in [-0.15, -0.1) is 0 Å². The number of carbonyl (C=O) groups excluding carboxylic acids is 4. The van der Waals surface area contributed by atoms with Crippen molar-refractivity contribution in [3.8, 4) is 34.2 Å². The normalized spacial score (nSPS) is 19.5. The Kier molecular flexibility index (Phi) is 14.0. The Labute approximate surface area is 378 Å². The Morgan fingerprint density at radius 1 is 1.08 bits per heavy atom. The first-order valence-corrected chi connectivity index (χ1v) is 22.8. The summed E-state index contributed by atoms with van der Waals surface area (Å²) in [6, 6.07) is 17.3. The number of carbonyl (C=O) groups is 4. The van der Waals surface area contributed by atoms with E-state index in [2.05, 4.69) is 98.2 Å². The Balaban J connectivity index is 1.16. The van der Waals surface area contributed by atoms with Crippen molar-refractivity contribution in [1.82, 2.24) is 35.1 Å². The lowest BCUT2D eigenvalue weighted by atomic mass is 9.83. The molecule has 13 heteroatoms. The summed E-state index contributed by atoms with van der Waals surface area (Å²) in [7, 11) is 3.84. The number of rotatable bonds is 9. The number of ether oxygens (including phenoxy) is 2. The molecule has 7 rings (SSSR count). The molecule has 2 saturated heterocycles. The first-order valence-electron chi connectivity index (χ1n) is 22.8. The van der Waals surface area contributed by atoms with Gasteiger partial charge in [0.05, 0.1) is 36.2 Å². The second-order valence-electron chi connectivity index (χ2n) is 19.3. The van der Waals surface area contributed by atoms with Gasteiger partial charge in [0.15, 0.2) is 0 Å². The van der Waals surface area contributed by atoms with Crippen LogP contribution in [-0.2, 0) is 48.0 Å². The molecule has 3 amide bonds. The molecule has 0 saturated carbocycles. The van der Waals surface area contributed by atoms with E-state index >= 15 is 0 Å². The first-order chi connectivity index (χ1) is 30.4. The molecule has 2 aromatic carbocycles. The Bertz CT molecular complexity index is 2450. The molecule has 6 bridgehead atoms. The van der Waals surface area contributed by atoms with Gasteiger partial charge in [-0.05, 0) is 112 Å². The van der Waals surface area contributed by atoms with Crippen molar-refractivity contribution < 1.29 is 28.7 Å². The molecule has 0 unspecified atom stereocenters. The molecule has 5 heterocycles. The van der Waals surface area contributed by atoms with Gasteiger partial charge in [-0.2, -0.15) is 0 Å². The quantitative estimate of drug-likeness (QED) is 0.151. The van der Waals surface area contributed by atoms with Gasteiger partial charge in [-0.3, -0.25) is 34.1 Å². The van der Waals surface area contributed by atoms with Gasteiger partial charge in [0.1, 0.15) is 12.1 Å². The van der Waals surface area contributed by atoms with Crippen molar-refractivity contribution in [3.63, 3.8) is 0 Å². The predicted molar refractivity (Wildman–Crippen MR) is 249 cm³/mol. The number of pyridine rings is 1. The van der Waals surface area contributed by atoms with Crippen LogP contribution in [-0.4, -0.2) is 119 Å². The van der Waals surface area contributed by atoms with E-state index in [-0.39, 0.29) is 55.8 Å². The Morgan fingerprint density at radius 3 is 2.58 bits per heavy atom. The van der Waals surface area contributed by atoms with Crippen molar-refractivity contribution in [2.75, 3.05) is 46.9 Å². The monoisotopic (exact) mass is 871 g/mol. The molecule has 0 radical (unpaired) electrons. The van der Waals surface area contributed by atoms with E-state index < -0.39 is 29.0 Å². The van der Waals surface area contributed by atoms with E-state index in [9.17, 15) is 19.2 Å². The molecule has 2 aromatic heterocycles. The number of cyclic esters (lactones) is 1. The van der Waals surface area contributed by atoms with E-state index in [1.807, 2.05) is 57.2 Å². The van der Waals surface area contributed by atoms with Crippen molar-refractivity contribution in [2.24, 2.45) is 5.41 Å². The SMILES string of the molecule is CCn1c(-c2cccnc2C(C)C)c2c3cc(ccc31)-c1cccc(c1)C[C@H](NC(=O)CCOC1CN(C(=O)C#CC(C)(C)N(C)C)C1)C(=O)N1CCC[C@H](N1)C(=O)OCC(C)(C)C2.